The Hall–Kier alpha value is -1.57. The Morgan fingerprint density at radius 2 is 1.81 bits per heavy atom. The molecular weight excluding hydrogens is 198 g/mol. The van der Waals surface area contributed by atoms with Crippen molar-refractivity contribution in [1.29, 1.82) is 0 Å². The van der Waals surface area contributed by atoms with Gasteiger partial charge in [0.25, 0.3) is 0 Å². The van der Waals surface area contributed by atoms with E-state index in [4.69, 9.17) is 0 Å². The number of aliphatic hydroxyl groups is 1. The van der Waals surface area contributed by atoms with Crippen LogP contribution in [-0.2, 0) is 0 Å². The van der Waals surface area contributed by atoms with Gasteiger partial charge in [-0.25, -0.2) is 0 Å². The van der Waals surface area contributed by atoms with Crippen molar-refractivity contribution in [3.63, 3.8) is 0 Å². The van der Waals surface area contributed by atoms with Crippen LogP contribution in [0.3, 0.4) is 0 Å². The summed E-state index contributed by atoms with van der Waals surface area (Å²) in [4.78, 5) is 4.14. The molecule has 1 heterocycles. The molecule has 0 fully saturated rings. The molecule has 1 N–H and O–H groups in total. The second kappa shape index (κ2) is 8.72. The average Bonchev–Trinajstić information content (AvgIpc) is 2.82. The van der Waals surface area contributed by atoms with E-state index in [0.29, 0.717) is 12.2 Å². The molecule has 0 saturated heterocycles. The Morgan fingerprint density at radius 3 is 2.25 bits per heavy atom. The van der Waals surface area contributed by atoms with Gasteiger partial charge in [0.1, 0.15) is 5.76 Å². The van der Waals surface area contributed by atoms with E-state index in [-0.39, 0.29) is 0 Å². The summed E-state index contributed by atoms with van der Waals surface area (Å²) in [6.45, 7) is 8.00. The van der Waals surface area contributed by atoms with E-state index in [1.165, 1.54) is 0 Å². The smallest absolute Gasteiger partial charge is 0.105 e. The van der Waals surface area contributed by atoms with Crippen LogP contribution < -0.4 is 0 Å². The third kappa shape index (κ3) is 3.89. The number of pyridine rings is 1. The first-order valence-corrected chi connectivity index (χ1v) is 5.88. The van der Waals surface area contributed by atoms with Crippen LogP contribution in [-0.4, -0.2) is 10.1 Å². The van der Waals surface area contributed by atoms with Gasteiger partial charge < -0.3 is 5.11 Å². The van der Waals surface area contributed by atoms with Gasteiger partial charge >= 0.3 is 0 Å². The molecule has 16 heavy (non-hydrogen) atoms. The standard InChI is InChI=1S/C10H9NO.2C2H6/c12-10-6-3-4-8(10)9-5-1-2-7-11-9;2*1-2/h1-5,7,12H,6H2;2*1-2H3. The topological polar surface area (TPSA) is 33.1 Å². The van der Waals surface area contributed by atoms with Crippen LogP contribution in [0.15, 0.2) is 42.3 Å². The maximum absolute atomic E-state index is 9.42. The molecule has 1 aromatic heterocycles. The summed E-state index contributed by atoms with van der Waals surface area (Å²) < 4.78 is 0. The SMILES string of the molecule is CC.CC.OC1=C(c2ccccn2)C=CC1. The number of hydrogen-bond acceptors (Lipinski definition) is 2. The Balaban J connectivity index is 0.000000509. The van der Waals surface area contributed by atoms with Crippen molar-refractivity contribution in [3.8, 4) is 0 Å². The van der Waals surface area contributed by atoms with Gasteiger partial charge in [-0.1, -0.05) is 45.9 Å². The first-order chi connectivity index (χ1) is 7.88. The summed E-state index contributed by atoms with van der Waals surface area (Å²) in [6.07, 6.45) is 6.19. The summed E-state index contributed by atoms with van der Waals surface area (Å²) >= 11 is 0. The summed E-state index contributed by atoms with van der Waals surface area (Å²) in [5.41, 5.74) is 1.68. The lowest BCUT2D eigenvalue weighted by Gasteiger charge is -1.98. The molecule has 2 heteroatoms. The van der Waals surface area contributed by atoms with Gasteiger partial charge in [0.05, 0.1) is 5.69 Å². The molecule has 1 aromatic rings. The van der Waals surface area contributed by atoms with Crippen molar-refractivity contribution in [2.45, 2.75) is 34.1 Å². The zero-order chi connectivity index (χ0) is 12.4. The van der Waals surface area contributed by atoms with E-state index in [1.807, 2.05) is 58.0 Å². The van der Waals surface area contributed by atoms with Gasteiger partial charge in [-0.05, 0) is 12.1 Å². The predicted octanol–water partition coefficient (Wildman–Crippen LogP) is 4.36. The fraction of sp³-hybridized carbons (Fsp3) is 0.357. The molecule has 0 bridgehead atoms. The molecule has 1 aliphatic rings. The van der Waals surface area contributed by atoms with E-state index in [2.05, 4.69) is 4.98 Å². The first-order valence-electron chi connectivity index (χ1n) is 5.88. The second-order valence-electron chi connectivity index (χ2n) is 2.68. The lowest BCUT2D eigenvalue weighted by molar-refractivity contribution is 0.407. The van der Waals surface area contributed by atoms with Crippen molar-refractivity contribution in [2.75, 3.05) is 0 Å². The Kier molecular flexibility index (Phi) is 7.86. The summed E-state index contributed by atoms with van der Waals surface area (Å²) in [6, 6.07) is 5.66. The first kappa shape index (κ1) is 14.4. The molecular formula is C14H21NO. The van der Waals surface area contributed by atoms with Gasteiger partial charge in [-0.15, -0.1) is 0 Å². The van der Waals surface area contributed by atoms with E-state index in [9.17, 15) is 5.11 Å². The van der Waals surface area contributed by atoms with E-state index in [0.717, 1.165) is 11.3 Å². The summed E-state index contributed by atoms with van der Waals surface area (Å²) in [5, 5.41) is 9.42. The number of hydrogen-bond donors (Lipinski definition) is 1. The average molecular weight is 219 g/mol. The zero-order valence-electron chi connectivity index (χ0n) is 10.6. The molecule has 0 saturated carbocycles. The van der Waals surface area contributed by atoms with Crippen molar-refractivity contribution >= 4 is 5.57 Å². The van der Waals surface area contributed by atoms with Gasteiger partial charge in [-0.3, -0.25) is 4.98 Å². The van der Waals surface area contributed by atoms with E-state index < -0.39 is 0 Å². The van der Waals surface area contributed by atoms with Gasteiger partial charge in [0.15, 0.2) is 0 Å². The predicted molar refractivity (Wildman–Crippen MR) is 70.2 cm³/mol. The molecule has 88 valence electrons. The van der Waals surface area contributed by atoms with Crippen molar-refractivity contribution in [2.24, 2.45) is 0 Å². The van der Waals surface area contributed by atoms with Crippen LogP contribution in [0.25, 0.3) is 5.57 Å². The van der Waals surface area contributed by atoms with Crippen molar-refractivity contribution in [3.05, 3.63) is 48.0 Å². The lowest BCUT2D eigenvalue weighted by atomic mass is 10.2. The molecule has 0 unspecified atom stereocenters. The highest BCUT2D eigenvalue weighted by Crippen LogP contribution is 2.24. The van der Waals surface area contributed by atoms with Crippen molar-refractivity contribution < 1.29 is 5.11 Å². The van der Waals surface area contributed by atoms with Gasteiger partial charge in [0, 0.05) is 18.2 Å². The fourth-order valence-electron chi connectivity index (χ4n) is 1.25. The number of rotatable bonds is 1. The minimum atomic E-state index is 0.411. The molecule has 0 amide bonds. The quantitative estimate of drug-likeness (QED) is 0.761. The van der Waals surface area contributed by atoms with Crippen LogP contribution in [0.1, 0.15) is 39.8 Å². The van der Waals surface area contributed by atoms with E-state index in [1.54, 1.807) is 6.20 Å². The Bertz CT molecular complexity index is 339. The van der Waals surface area contributed by atoms with Crippen LogP contribution in [0.2, 0.25) is 0 Å². The van der Waals surface area contributed by atoms with Gasteiger partial charge in [-0.2, -0.15) is 0 Å². The minimum Gasteiger partial charge on any atom is -0.511 e. The molecule has 2 rings (SSSR count). The van der Waals surface area contributed by atoms with Gasteiger partial charge in [0.2, 0.25) is 0 Å². The third-order valence-corrected chi connectivity index (χ3v) is 1.85. The normalized spacial score (nSPS) is 12.5. The zero-order valence-corrected chi connectivity index (χ0v) is 10.6. The number of allylic oxidation sites excluding steroid dienone is 3. The van der Waals surface area contributed by atoms with Crippen LogP contribution in [0, 0.1) is 0 Å². The number of aliphatic hydroxyl groups excluding tert-OH is 1. The second-order valence-corrected chi connectivity index (χ2v) is 2.68. The highest BCUT2D eigenvalue weighted by atomic mass is 16.3. The monoisotopic (exact) mass is 219 g/mol. The highest BCUT2D eigenvalue weighted by molar-refractivity contribution is 5.75. The van der Waals surface area contributed by atoms with Crippen LogP contribution >= 0.6 is 0 Å². The van der Waals surface area contributed by atoms with Crippen LogP contribution in [0.4, 0.5) is 0 Å². The molecule has 0 atom stereocenters. The Labute approximate surface area is 98.4 Å². The Morgan fingerprint density at radius 1 is 1.12 bits per heavy atom. The molecule has 0 radical (unpaired) electrons. The number of nitrogens with zero attached hydrogens (tertiary/aromatic N) is 1. The minimum absolute atomic E-state index is 0.411. The molecule has 1 aliphatic carbocycles. The molecule has 0 aromatic carbocycles. The van der Waals surface area contributed by atoms with E-state index >= 15 is 0 Å². The van der Waals surface area contributed by atoms with Crippen molar-refractivity contribution in [1.82, 2.24) is 4.98 Å². The number of aromatic nitrogens is 1. The highest BCUT2D eigenvalue weighted by Gasteiger charge is 2.09. The third-order valence-electron chi connectivity index (χ3n) is 1.85. The largest absolute Gasteiger partial charge is 0.511 e. The maximum Gasteiger partial charge on any atom is 0.105 e. The maximum atomic E-state index is 9.42. The fourth-order valence-corrected chi connectivity index (χ4v) is 1.25. The summed E-state index contributed by atoms with van der Waals surface area (Å²) in [7, 11) is 0. The molecule has 0 aliphatic heterocycles. The van der Waals surface area contributed by atoms with Crippen LogP contribution in [0.5, 0.6) is 0 Å². The molecule has 0 spiro atoms. The lowest BCUT2D eigenvalue weighted by Crippen LogP contribution is -1.86. The molecule has 2 nitrogen and oxygen atoms in total. The summed E-state index contributed by atoms with van der Waals surface area (Å²) in [5.74, 6) is 0.411.